The number of hydrogen-bond donors (Lipinski definition) is 2. The first-order chi connectivity index (χ1) is 10.6. The molecule has 0 saturated carbocycles. The summed E-state index contributed by atoms with van der Waals surface area (Å²) in [5, 5.41) is 9.36. The molecule has 3 aromatic rings. The summed E-state index contributed by atoms with van der Waals surface area (Å²) in [6, 6.07) is 14.9. The Morgan fingerprint density at radius 3 is 2.59 bits per heavy atom. The third kappa shape index (κ3) is 2.69. The molecule has 5 nitrogen and oxygen atoms in total. The highest BCUT2D eigenvalue weighted by Crippen LogP contribution is 2.24. The van der Waals surface area contributed by atoms with Crippen LogP contribution in [0.5, 0.6) is 5.75 Å². The molecular weight excluding hydrogens is 282 g/mol. The number of rotatable bonds is 5. The van der Waals surface area contributed by atoms with Crippen LogP contribution in [0, 0.1) is 0 Å². The maximum absolute atomic E-state index is 11.6. The molecule has 0 unspecified atom stereocenters. The first kappa shape index (κ1) is 13.9. The van der Waals surface area contributed by atoms with Crippen molar-refractivity contribution in [3.8, 4) is 5.75 Å². The number of H-pyrrole nitrogens is 1. The van der Waals surface area contributed by atoms with Crippen LogP contribution >= 0.6 is 0 Å². The monoisotopic (exact) mass is 295 g/mol. The van der Waals surface area contributed by atoms with Gasteiger partial charge in [-0.25, -0.2) is 4.79 Å². The predicted molar refractivity (Wildman–Crippen MR) is 81.0 cm³/mol. The summed E-state index contributed by atoms with van der Waals surface area (Å²) < 4.78 is 5.70. The van der Waals surface area contributed by atoms with Crippen molar-refractivity contribution >= 4 is 22.7 Å². The number of aromatic nitrogens is 1. The summed E-state index contributed by atoms with van der Waals surface area (Å²) in [6.45, 7) is 0.438. The van der Waals surface area contributed by atoms with Crippen LogP contribution in [0.25, 0.3) is 10.9 Å². The number of carboxylic acid groups (broad SMARTS) is 1. The number of carboxylic acids is 1. The molecule has 1 aromatic heterocycles. The van der Waals surface area contributed by atoms with E-state index in [2.05, 4.69) is 4.98 Å². The Hall–Kier alpha value is -3.08. The molecule has 0 aliphatic rings. The molecule has 110 valence electrons. The Kier molecular flexibility index (Phi) is 3.62. The van der Waals surface area contributed by atoms with Gasteiger partial charge in [0.05, 0.1) is 5.56 Å². The summed E-state index contributed by atoms with van der Waals surface area (Å²) in [4.78, 5) is 25.2. The van der Waals surface area contributed by atoms with Crippen molar-refractivity contribution in [3.63, 3.8) is 0 Å². The first-order valence-corrected chi connectivity index (χ1v) is 6.70. The van der Waals surface area contributed by atoms with E-state index in [1.54, 1.807) is 18.2 Å². The van der Waals surface area contributed by atoms with E-state index < -0.39 is 11.8 Å². The molecule has 0 aliphatic carbocycles. The lowest BCUT2D eigenvalue weighted by Gasteiger charge is -2.06. The Balaban J connectivity index is 1.82. The molecule has 0 atom stereocenters. The van der Waals surface area contributed by atoms with Gasteiger partial charge in [-0.05, 0) is 17.7 Å². The smallest absolute Gasteiger partial charge is 0.377 e. The lowest BCUT2D eigenvalue weighted by atomic mass is 10.1. The predicted octanol–water partition coefficient (Wildman–Crippen LogP) is 3.01. The lowest BCUT2D eigenvalue weighted by molar-refractivity contribution is -0.131. The van der Waals surface area contributed by atoms with Crippen LogP contribution in [-0.2, 0) is 11.4 Å². The van der Waals surface area contributed by atoms with Gasteiger partial charge in [-0.3, -0.25) is 4.79 Å². The lowest BCUT2D eigenvalue weighted by Crippen LogP contribution is -2.11. The number of aliphatic carboxylic acids is 1. The van der Waals surface area contributed by atoms with Gasteiger partial charge < -0.3 is 14.8 Å². The quantitative estimate of drug-likeness (QED) is 0.560. The fourth-order valence-corrected chi connectivity index (χ4v) is 2.24. The third-order valence-electron chi connectivity index (χ3n) is 3.34. The van der Waals surface area contributed by atoms with E-state index in [1.807, 2.05) is 30.3 Å². The number of aromatic amines is 1. The second kappa shape index (κ2) is 5.73. The summed E-state index contributed by atoms with van der Waals surface area (Å²) in [5.41, 5.74) is 1.86. The van der Waals surface area contributed by atoms with Gasteiger partial charge in [0.15, 0.2) is 0 Å². The highest BCUT2D eigenvalue weighted by molar-refractivity contribution is 6.42. The zero-order chi connectivity index (χ0) is 15.5. The van der Waals surface area contributed by atoms with Crippen molar-refractivity contribution in [3.05, 3.63) is 65.9 Å². The molecule has 3 rings (SSSR count). The number of Topliss-reactive ketones (excluding diaryl/α,β-unsaturated/α-hetero) is 1. The van der Waals surface area contributed by atoms with Gasteiger partial charge in [-0.1, -0.05) is 30.3 Å². The van der Waals surface area contributed by atoms with Gasteiger partial charge >= 0.3 is 5.97 Å². The largest absolute Gasteiger partial charge is 0.489 e. The minimum atomic E-state index is -1.47. The fraction of sp³-hybridized carbons (Fsp3) is 0.0588. The summed E-state index contributed by atoms with van der Waals surface area (Å²) >= 11 is 0. The molecule has 0 saturated heterocycles. The van der Waals surface area contributed by atoms with E-state index in [4.69, 9.17) is 9.84 Å². The molecular formula is C17H13NO4. The summed E-state index contributed by atoms with van der Waals surface area (Å²) in [7, 11) is 0. The molecule has 5 heteroatoms. The fourth-order valence-electron chi connectivity index (χ4n) is 2.24. The molecule has 0 radical (unpaired) electrons. The van der Waals surface area contributed by atoms with Gasteiger partial charge in [-0.2, -0.15) is 0 Å². The maximum Gasteiger partial charge on any atom is 0.377 e. The zero-order valence-electron chi connectivity index (χ0n) is 11.6. The van der Waals surface area contributed by atoms with Crippen LogP contribution in [0.3, 0.4) is 0 Å². The molecule has 0 fully saturated rings. The van der Waals surface area contributed by atoms with Gasteiger partial charge in [-0.15, -0.1) is 0 Å². The van der Waals surface area contributed by atoms with Crippen LogP contribution in [0.2, 0.25) is 0 Å². The molecule has 22 heavy (non-hydrogen) atoms. The maximum atomic E-state index is 11.6. The molecule has 0 aliphatic heterocycles. The SMILES string of the molecule is O=C(O)C(=O)c1c[nH]c2cc(OCc3ccccc3)ccc12. The van der Waals surface area contributed by atoms with Crippen LogP contribution in [0.1, 0.15) is 15.9 Å². The normalized spacial score (nSPS) is 10.5. The van der Waals surface area contributed by atoms with Crippen molar-refractivity contribution in [2.24, 2.45) is 0 Å². The van der Waals surface area contributed by atoms with Crippen molar-refractivity contribution in [1.82, 2.24) is 4.98 Å². The van der Waals surface area contributed by atoms with Crippen LogP contribution < -0.4 is 4.74 Å². The molecule has 1 heterocycles. The van der Waals surface area contributed by atoms with E-state index >= 15 is 0 Å². The average molecular weight is 295 g/mol. The molecule has 2 aromatic carbocycles. The zero-order valence-corrected chi connectivity index (χ0v) is 11.6. The average Bonchev–Trinajstić information content (AvgIpc) is 2.96. The van der Waals surface area contributed by atoms with Crippen LogP contribution in [0.15, 0.2) is 54.7 Å². The first-order valence-electron chi connectivity index (χ1n) is 6.70. The number of ketones is 1. The van der Waals surface area contributed by atoms with Gasteiger partial charge in [0.1, 0.15) is 12.4 Å². The number of hydrogen-bond acceptors (Lipinski definition) is 3. The number of benzene rings is 2. The number of ether oxygens (including phenoxy) is 1. The second-order valence-corrected chi connectivity index (χ2v) is 4.82. The van der Waals surface area contributed by atoms with E-state index in [0.717, 1.165) is 5.56 Å². The highest BCUT2D eigenvalue weighted by Gasteiger charge is 2.18. The molecule has 0 amide bonds. The van der Waals surface area contributed by atoms with E-state index in [9.17, 15) is 9.59 Å². The van der Waals surface area contributed by atoms with Gasteiger partial charge in [0.2, 0.25) is 0 Å². The van der Waals surface area contributed by atoms with Crippen molar-refractivity contribution < 1.29 is 19.4 Å². The second-order valence-electron chi connectivity index (χ2n) is 4.82. The molecule has 2 N–H and O–H groups in total. The van der Waals surface area contributed by atoms with Crippen LogP contribution in [-0.4, -0.2) is 21.8 Å². The third-order valence-corrected chi connectivity index (χ3v) is 3.34. The Labute approximate surface area is 126 Å². The standard InChI is InChI=1S/C17H13NO4/c19-16(17(20)21)14-9-18-15-8-12(6-7-13(14)15)22-10-11-4-2-1-3-5-11/h1-9,18H,10H2,(H,20,21). The minimum Gasteiger partial charge on any atom is -0.489 e. The number of carbonyl (C=O) groups excluding carboxylic acids is 1. The molecule has 0 spiro atoms. The van der Waals surface area contributed by atoms with Crippen molar-refractivity contribution in [2.45, 2.75) is 6.61 Å². The number of carbonyl (C=O) groups is 2. The minimum absolute atomic E-state index is 0.150. The highest BCUT2D eigenvalue weighted by atomic mass is 16.5. The summed E-state index contributed by atoms with van der Waals surface area (Å²) in [6.07, 6.45) is 1.40. The van der Waals surface area contributed by atoms with Gasteiger partial charge in [0.25, 0.3) is 5.78 Å². The molecule has 0 bridgehead atoms. The van der Waals surface area contributed by atoms with E-state index in [0.29, 0.717) is 23.3 Å². The Morgan fingerprint density at radius 2 is 1.86 bits per heavy atom. The number of fused-ring (bicyclic) bond motifs is 1. The van der Waals surface area contributed by atoms with E-state index in [1.165, 1.54) is 6.20 Å². The topological polar surface area (TPSA) is 79.4 Å². The summed E-state index contributed by atoms with van der Waals surface area (Å²) in [5.74, 6) is -1.75. The van der Waals surface area contributed by atoms with Crippen molar-refractivity contribution in [2.75, 3.05) is 0 Å². The Bertz CT molecular complexity index is 836. The van der Waals surface area contributed by atoms with Crippen molar-refractivity contribution in [1.29, 1.82) is 0 Å². The van der Waals surface area contributed by atoms with Crippen LogP contribution in [0.4, 0.5) is 0 Å². The Morgan fingerprint density at radius 1 is 1.09 bits per heavy atom. The van der Waals surface area contributed by atoms with E-state index in [-0.39, 0.29) is 5.56 Å². The van der Waals surface area contributed by atoms with Gasteiger partial charge in [0, 0.05) is 23.2 Å². The number of nitrogens with one attached hydrogen (secondary N) is 1.